The number of rotatable bonds is 41. The third-order valence-corrected chi connectivity index (χ3v) is 10.3. The van der Waals surface area contributed by atoms with Crippen molar-refractivity contribution >= 4 is 13.8 Å². The van der Waals surface area contributed by atoms with Crippen LogP contribution in [0.25, 0.3) is 0 Å². The van der Waals surface area contributed by atoms with Crippen molar-refractivity contribution in [1.29, 1.82) is 0 Å². The fraction of sp³-hybridized carbons (Fsp3) is 0.766. The molecule has 0 aliphatic carbocycles. The number of hydrogen-bond acceptors (Lipinski definition) is 6. The summed E-state index contributed by atoms with van der Waals surface area (Å²) in [6.45, 7) is 5.45. The third kappa shape index (κ3) is 43.3. The monoisotopic (exact) mass is 809 g/mol. The number of carbonyl (C=O) groups excluding carboxylic acids is 1. The number of nitrogens with zero attached hydrogens (tertiary/aromatic N) is 1. The van der Waals surface area contributed by atoms with E-state index < -0.39 is 13.9 Å². The van der Waals surface area contributed by atoms with E-state index in [0.29, 0.717) is 24.1 Å². The van der Waals surface area contributed by atoms with E-state index in [-0.39, 0.29) is 25.8 Å². The Morgan fingerprint density at radius 1 is 0.571 bits per heavy atom. The lowest BCUT2D eigenvalue weighted by Gasteiger charge is -2.24. The van der Waals surface area contributed by atoms with E-state index in [1.54, 1.807) is 0 Å². The summed E-state index contributed by atoms with van der Waals surface area (Å²) >= 11 is 0. The van der Waals surface area contributed by atoms with E-state index in [1.165, 1.54) is 83.5 Å². The molecule has 0 aromatic rings. The van der Waals surface area contributed by atoms with Crippen molar-refractivity contribution in [3.8, 4) is 0 Å². The fourth-order valence-electron chi connectivity index (χ4n) is 5.83. The van der Waals surface area contributed by atoms with Gasteiger partial charge in [0, 0.05) is 13.0 Å². The lowest BCUT2D eigenvalue weighted by Crippen LogP contribution is -2.37. The molecule has 0 radical (unpaired) electrons. The predicted molar refractivity (Wildman–Crippen MR) is 238 cm³/mol. The van der Waals surface area contributed by atoms with Crippen LogP contribution >= 0.6 is 7.82 Å². The number of ether oxygens (including phenoxy) is 2. The van der Waals surface area contributed by atoms with Crippen LogP contribution in [-0.4, -0.2) is 75.6 Å². The number of allylic oxidation sites excluding steroid dienone is 10. The van der Waals surface area contributed by atoms with Crippen LogP contribution in [0.3, 0.4) is 0 Å². The summed E-state index contributed by atoms with van der Waals surface area (Å²) in [5.74, 6) is -0.328. The molecule has 326 valence electrons. The Hall–Kier alpha value is -1.80. The van der Waals surface area contributed by atoms with Crippen LogP contribution in [0.15, 0.2) is 60.8 Å². The average molecular weight is 809 g/mol. The van der Waals surface area contributed by atoms with Gasteiger partial charge < -0.3 is 18.9 Å². The summed E-state index contributed by atoms with van der Waals surface area (Å²) in [4.78, 5) is 22.9. The summed E-state index contributed by atoms with van der Waals surface area (Å²) in [7, 11) is 1.65. The van der Waals surface area contributed by atoms with Gasteiger partial charge in [0.1, 0.15) is 19.3 Å². The van der Waals surface area contributed by atoms with Gasteiger partial charge in [-0.15, -0.1) is 0 Å². The van der Waals surface area contributed by atoms with Gasteiger partial charge in [-0.1, -0.05) is 152 Å². The van der Waals surface area contributed by atoms with Crippen molar-refractivity contribution in [2.24, 2.45) is 0 Å². The summed E-state index contributed by atoms with van der Waals surface area (Å²) in [5.41, 5.74) is 0. The molecule has 0 fully saturated rings. The molecule has 0 saturated carbocycles. The van der Waals surface area contributed by atoms with E-state index in [2.05, 4.69) is 74.6 Å². The summed E-state index contributed by atoms with van der Waals surface area (Å²) in [5, 5.41) is 0. The Morgan fingerprint density at radius 2 is 1.04 bits per heavy atom. The number of phosphoric ester groups is 1. The highest BCUT2D eigenvalue weighted by molar-refractivity contribution is 7.47. The van der Waals surface area contributed by atoms with Crippen molar-refractivity contribution < 1.29 is 37.3 Å². The Labute approximate surface area is 345 Å². The van der Waals surface area contributed by atoms with Gasteiger partial charge in [0.2, 0.25) is 0 Å². The van der Waals surface area contributed by atoms with Crippen LogP contribution in [0, 0.1) is 0 Å². The Bertz CT molecular complexity index is 1080. The number of esters is 1. The number of phosphoric acid groups is 1. The number of hydrogen-bond donors (Lipinski definition) is 1. The summed E-state index contributed by atoms with van der Waals surface area (Å²) in [6.07, 6.45) is 49.7. The second-order valence-corrected chi connectivity index (χ2v) is 17.5. The summed E-state index contributed by atoms with van der Waals surface area (Å²) in [6, 6.07) is 0. The molecule has 0 rings (SSSR count). The van der Waals surface area contributed by atoms with Crippen LogP contribution in [0.1, 0.15) is 174 Å². The molecule has 0 bridgehead atoms. The first kappa shape index (κ1) is 54.2. The van der Waals surface area contributed by atoms with Crippen molar-refractivity contribution in [2.75, 3.05) is 54.1 Å². The lowest BCUT2D eigenvalue weighted by atomic mass is 10.1. The van der Waals surface area contributed by atoms with Gasteiger partial charge in [0.15, 0.2) is 0 Å². The molecule has 9 heteroatoms. The zero-order valence-corrected chi connectivity index (χ0v) is 37.7. The van der Waals surface area contributed by atoms with E-state index in [9.17, 15) is 14.3 Å². The van der Waals surface area contributed by atoms with Gasteiger partial charge in [0.05, 0.1) is 34.4 Å². The molecule has 2 unspecified atom stereocenters. The van der Waals surface area contributed by atoms with Crippen LogP contribution in [0.5, 0.6) is 0 Å². The SMILES string of the molecule is CC/C=C\C/C=C\C/C=C\C/C=C\CCCCCCCCCCCOCC(COP(=O)(O)OCC[N+](C)(C)C)OC(=O)CCCCCCC/C=C\CCCCC. The van der Waals surface area contributed by atoms with Gasteiger partial charge in [-0.3, -0.25) is 13.8 Å². The van der Waals surface area contributed by atoms with E-state index in [4.69, 9.17) is 18.5 Å². The molecule has 0 saturated heterocycles. The third-order valence-electron chi connectivity index (χ3n) is 9.31. The average Bonchev–Trinajstić information content (AvgIpc) is 3.15. The highest BCUT2D eigenvalue weighted by Gasteiger charge is 2.26. The van der Waals surface area contributed by atoms with Gasteiger partial charge in [-0.05, 0) is 77.0 Å². The number of unbranched alkanes of at least 4 members (excludes halogenated alkanes) is 17. The number of likely N-dealkylation sites (N-methyl/N-ethyl adjacent to an activating group) is 1. The zero-order valence-electron chi connectivity index (χ0n) is 36.9. The molecule has 1 N–H and O–H groups in total. The summed E-state index contributed by atoms with van der Waals surface area (Å²) < 4.78 is 35.0. The highest BCUT2D eigenvalue weighted by atomic mass is 31.2. The first-order valence-electron chi connectivity index (χ1n) is 22.5. The van der Waals surface area contributed by atoms with Crippen molar-refractivity contribution in [2.45, 2.75) is 180 Å². The van der Waals surface area contributed by atoms with Crippen molar-refractivity contribution in [1.82, 2.24) is 0 Å². The van der Waals surface area contributed by atoms with Gasteiger partial charge >= 0.3 is 13.8 Å². The van der Waals surface area contributed by atoms with Crippen molar-refractivity contribution in [3.05, 3.63) is 60.8 Å². The van der Waals surface area contributed by atoms with E-state index in [0.717, 1.165) is 70.6 Å². The topological polar surface area (TPSA) is 91.3 Å². The maximum atomic E-state index is 12.7. The smallest absolute Gasteiger partial charge is 0.457 e. The molecule has 0 aromatic carbocycles. The standard InChI is InChI=1S/C47H86NO7P/c1-6-8-10-12-14-16-18-20-21-22-23-24-25-26-27-28-29-31-33-35-37-39-42-52-44-46(45-54-56(50,51)53-43-41-48(3,4)5)55-47(49)40-38-36-34-32-30-19-17-15-13-11-9-7-2/h8,10,14-17,20-21,23-24,46H,6-7,9,11-13,18-19,22,25-45H2,1-5H3/p+1/b10-8-,16-14-,17-15-,21-20-,24-23-. The second kappa shape index (κ2) is 40.0. The minimum atomic E-state index is -4.28. The Balaban J connectivity index is 4.18. The molecular formula is C47H87NO7P+. The van der Waals surface area contributed by atoms with Crippen LogP contribution < -0.4 is 0 Å². The van der Waals surface area contributed by atoms with Gasteiger partial charge in [0.25, 0.3) is 0 Å². The molecular weight excluding hydrogens is 721 g/mol. The maximum Gasteiger partial charge on any atom is 0.472 e. The minimum absolute atomic E-state index is 0.0835. The highest BCUT2D eigenvalue weighted by Crippen LogP contribution is 2.43. The van der Waals surface area contributed by atoms with Crippen molar-refractivity contribution in [3.63, 3.8) is 0 Å². The molecule has 8 nitrogen and oxygen atoms in total. The molecule has 0 aliphatic rings. The molecule has 0 heterocycles. The maximum absolute atomic E-state index is 12.7. The van der Waals surface area contributed by atoms with Gasteiger partial charge in [-0.2, -0.15) is 0 Å². The van der Waals surface area contributed by atoms with E-state index >= 15 is 0 Å². The largest absolute Gasteiger partial charge is 0.472 e. The van der Waals surface area contributed by atoms with Crippen LogP contribution in [0.4, 0.5) is 0 Å². The second-order valence-electron chi connectivity index (χ2n) is 16.0. The predicted octanol–water partition coefficient (Wildman–Crippen LogP) is 13.3. The molecule has 0 amide bonds. The molecule has 0 aromatic heterocycles. The molecule has 0 aliphatic heterocycles. The minimum Gasteiger partial charge on any atom is -0.457 e. The van der Waals surface area contributed by atoms with Gasteiger partial charge in [-0.25, -0.2) is 4.57 Å². The fourth-order valence-corrected chi connectivity index (χ4v) is 6.57. The first-order valence-corrected chi connectivity index (χ1v) is 24.0. The normalized spacial score (nSPS) is 14.3. The number of carbonyl (C=O) groups is 1. The number of quaternary nitrogens is 1. The molecule has 2 atom stereocenters. The van der Waals surface area contributed by atoms with E-state index in [1.807, 2.05) is 21.1 Å². The quantitative estimate of drug-likeness (QED) is 0.0216. The Kier molecular flexibility index (Phi) is 38.7. The molecule has 56 heavy (non-hydrogen) atoms. The molecule has 0 spiro atoms. The lowest BCUT2D eigenvalue weighted by molar-refractivity contribution is -0.870. The van der Waals surface area contributed by atoms with Crippen LogP contribution in [0.2, 0.25) is 0 Å². The Morgan fingerprint density at radius 3 is 1.57 bits per heavy atom. The van der Waals surface area contributed by atoms with Crippen LogP contribution in [-0.2, 0) is 27.9 Å². The zero-order chi connectivity index (χ0) is 41.3. The first-order chi connectivity index (χ1) is 27.1.